The van der Waals surface area contributed by atoms with Crippen molar-refractivity contribution in [2.45, 2.75) is 39.8 Å². The van der Waals surface area contributed by atoms with Crippen molar-refractivity contribution in [2.24, 2.45) is 0 Å². The fourth-order valence-electron chi connectivity index (χ4n) is 1.84. The van der Waals surface area contributed by atoms with Crippen LogP contribution in [0.25, 0.3) is 0 Å². The second-order valence-electron chi connectivity index (χ2n) is 4.56. The Hall–Kier alpha value is -1.22. The molecule has 1 rings (SSSR count). The van der Waals surface area contributed by atoms with Gasteiger partial charge in [0.1, 0.15) is 11.5 Å². The van der Waals surface area contributed by atoms with Crippen LogP contribution in [0.4, 0.5) is 0 Å². The van der Waals surface area contributed by atoms with Gasteiger partial charge in [0, 0.05) is 18.2 Å². The minimum Gasteiger partial charge on any atom is -0.508 e. The molecule has 0 atom stereocenters. The summed E-state index contributed by atoms with van der Waals surface area (Å²) >= 11 is 0. The Balaban J connectivity index is 2.84. The van der Waals surface area contributed by atoms with Crippen molar-refractivity contribution in [3.8, 4) is 11.5 Å². The van der Waals surface area contributed by atoms with E-state index in [1.165, 1.54) is 0 Å². The Kier molecular flexibility index (Phi) is 5.29. The second-order valence-corrected chi connectivity index (χ2v) is 4.56. The molecule has 1 aromatic rings. The van der Waals surface area contributed by atoms with E-state index in [2.05, 4.69) is 25.7 Å². The van der Waals surface area contributed by atoms with Crippen LogP contribution in [0.2, 0.25) is 0 Å². The SMILES string of the molecule is CCCN(Cc1cc(OC)ccc1O)C(C)C. The molecule has 0 saturated heterocycles. The van der Waals surface area contributed by atoms with Crippen LogP contribution in [-0.4, -0.2) is 29.7 Å². The summed E-state index contributed by atoms with van der Waals surface area (Å²) in [6.07, 6.45) is 1.11. The summed E-state index contributed by atoms with van der Waals surface area (Å²) < 4.78 is 5.18. The summed E-state index contributed by atoms with van der Waals surface area (Å²) in [5, 5.41) is 9.85. The molecule has 0 bridgehead atoms. The molecule has 3 heteroatoms. The summed E-state index contributed by atoms with van der Waals surface area (Å²) in [4.78, 5) is 2.34. The molecule has 1 N–H and O–H groups in total. The van der Waals surface area contributed by atoms with Crippen LogP contribution in [0.3, 0.4) is 0 Å². The zero-order valence-electron chi connectivity index (χ0n) is 11.2. The number of phenols is 1. The van der Waals surface area contributed by atoms with Gasteiger partial charge in [0.15, 0.2) is 0 Å². The first-order valence-corrected chi connectivity index (χ1v) is 6.18. The number of phenolic OH excluding ortho intramolecular Hbond substituents is 1. The molecule has 0 aliphatic heterocycles. The fourth-order valence-corrected chi connectivity index (χ4v) is 1.84. The van der Waals surface area contributed by atoms with Gasteiger partial charge in [0.2, 0.25) is 0 Å². The Bertz CT molecular complexity index is 350. The molecule has 1 aromatic carbocycles. The third kappa shape index (κ3) is 3.93. The van der Waals surface area contributed by atoms with Gasteiger partial charge in [0.05, 0.1) is 7.11 Å². The maximum atomic E-state index is 9.85. The van der Waals surface area contributed by atoms with Crippen molar-refractivity contribution in [3.05, 3.63) is 23.8 Å². The van der Waals surface area contributed by atoms with E-state index in [1.807, 2.05) is 6.07 Å². The van der Waals surface area contributed by atoms with E-state index in [-0.39, 0.29) is 0 Å². The number of benzene rings is 1. The van der Waals surface area contributed by atoms with Crippen LogP contribution in [0.15, 0.2) is 18.2 Å². The van der Waals surface area contributed by atoms with Crippen molar-refractivity contribution in [1.29, 1.82) is 0 Å². The summed E-state index contributed by atoms with van der Waals surface area (Å²) in [5.41, 5.74) is 0.923. The first-order valence-electron chi connectivity index (χ1n) is 6.18. The Morgan fingerprint density at radius 1 is 1.35 bits per heavy atom. The number of nitrogens with zero attached hydrogens (tertiary/aromatic N) is 1. The van der Waals surface area contributed by atoms with Crippen molar-refractivity contribution < 1.29 is 9.84 Å². The minimum absolute atomic E-state index is 0.340. The zero-order chi connectivity index (χ0) is 12.8. The van der Waals surface area contributed by atoms with Crippen molar-refractivity contribution in [3.63, 3.8) is 0 Å². The highest BCUT2D eigenvalue weighted by molar-refractivity contribution is 5.39. The largest absolute Gasteiger partial charge is 0.508 e. The van der Waals surface area contributed by atoms with E-state index in [4.69, 9.17) is 4.74 Å². The topological polar surface area (TPSA) is 32.7 Å². The third-order valence-corrected chi connectivity index (χ3v) is 2.90. The smallest absolute Gasteiger partial charge is 0.120 e. The molecule has 96 valence electrons. The van der Waals surface area contributed by atoms with Gasteiger partial charge in [-0.05, 0) is 45.0 Å². The number of methoxy groups -OCH3 is 1. The first kappa shape index (κ1) is 13.8. The molecule has 17 heavy (non-hydrogen) atoms. The molecule has 0 aromatic heterocycles. The number of ether oxygens (including phenoxy) is 1. The highest BCUT2D eigenvalue weighted by atomic mass is 16.5. The van der Waals surface area contributed by atoms with Gasteiger partial charge in [-0.1, -0.05) is 6.92 Å². The molecule has 0 saturated carbocycles. The number of rotatable bonds is 6. The fraction of sp³-hybridized carbons (Fsp3) is 0.571. The summed E-state index contributed by atoms with van der Waals surface area (Å²) in [5.74, 6) is 1.13. The summed E-state index contributed by atoms with van der Waals surface area (Å²) in [6.45, 7) is 8.31. The molecular weight excluding hydrogens is 214 g/mol. The van der Waals surface area contributed by atoms with E-state index in [9.17, 15) is 5.11 Å². The van der Waals surface area contributed by atoms with Crippen LogP contribution in [0.5, 0.6) is 11.5 Å². The monoisotopic (exact) mass is 237 g/mol. The minimum atomic E-state index is 0.340. The molecule has 0 heterocycles. The molecule has 0 spiro atoms. The maximum absolute atomic E-state index is 9.85. The Morgan fingerprint density at radius 2 is 2.06 bits per heavy atom. The molecule has 0 radical (unpaired) electrons. The lowest BCUT2D eigenvalue weighted by Gasteiger charge is -2.26. The van der Waals surface area contributed by atoms with Crippen molar-refractivity contribution >= 4 is 0 Å². The Morgan fingerprint density at radius 3 is 2.59 bits per heavy atom. The lowest BCUT2D eigenvalue weighted by molar-refractivity contribution is 0.210. The van der Waals surface area contributed by atoms with Gasteiger partial charge in [-0.25, -0.2) is 0 Å². The standard InChI is InChI=1S/C14H23NO2/c1-5-8-15(11(2)3)10-12-9-13(17-4)6-7-14(12)16/h6-7,9,11,16H,5,8,10H2,1-4H3. The number of aromatic hydroxyl groups is 1. The van der Waals surface area contributed by atoms with Crippen LogP contribution in [0.1, 0.15) is 32.8 Å². The summed E-state index contributed by atoms with van der Waals surface area (Å²) in [7, 11) is 1.64. The van der Waals surface area contributed by atoms with E-state index < -0.39 is 0 Å². The number of hydrogen-bond donors (Lipinski definition) is 1. The molecule has 0 unspecified atom stereocenters. The summed E-state index contributed by atoms with van der Waals surface area (Å²) in [6, 6.07) is 5.85. The lowest BCUT2D eigenvalue weighted by atomic mass is 10.1. The van der Waals surface area contributed by atoms with Crippen LogP contribution in [-0.2, 0) is 6.54 Å². The van der Waals surface area contributed by atoms with Gasteiger partial charge in [-0.2, -0.15) is 0 Å². The zero-order valence-corrected chi connectivity index (χ0v) is 11.2. The van der Waals surface area contributed by atoms with Crippen molar-refractivity contribution in [2.75, 3.05) is 13.7 Å². The highest BCUT2D eigenvalue weighted by Crippen LogP contribution is 2.24. The predicted octanol–water partition coefficient (Wildman–Crippen LogP) is 3.02. The average molecular weight is 237 g/mol. The van der Waals surface area contributed by atoms with Crippen molar-refractivity contribution in [1.82, 2.24) is 4.90 Å². The number of hydrogen-bond acceptors (Lipinski definition) is 3. The van der Waals surface area contributed by atoms with Gasteiger partial charge >= 0.3 is 0 Å². The second kappa shape index (κ2) is 6.50. The highest BCUT2D eigenvalue weighted by Gasteiger charge is 2.12. The maximum Gasteiger partial charge on any atom is 0.120 e. The third-order valence-electron chi connectivity index (χ3n) is 2.90. The molecule has 0 fully saturated rings. The first-order chi connectivity index (χ1) is 8.08. The van der Waals surface area contributed by atoms with Crippen LogP contribution < -0.4 is 4.74 Å². The normalized spacial score (nSPS) is 11.2. The van der Waals surface area contributed by atoms with Gasteiger partial charge < -0.3 is 9.84 Å². The molecular formula is C14H23NO2. The molecule has 0 aliphatic carbocycles. The van der Waals surface area contributed by atoms with Crippen LogP contribution in [0, 0.1) is 0 Å². The van der Waals surface area contributed by atoms with E-state index in [0.717, 1.165) is 30.8 Å². The molecule has 0 amide bonds. The Labute approximate surface area is 104 Å². The van der Waals surface area contributed by atoms with Gasteiger partial charge in [-0.15, -0.1) is 0 Å². The lowest BCUT2D eigenvalue weighted by Crippen LogP contribution is -2.31. The van der Waals surface area contributed by atoms with Gasteiger partial charge in [0.25, 0.3) is 0 Å². The van der Waals surface area contributed by atoms with E-state index >= 15 is 0 Å². The van der Waals surface area contributed by atoms with E-state index in [1.54, 1.807) is 19.2 Å². The molecule has 3 nitrogen and oxygen atoms in total. The molecule has 0 aliphatic rings. The average Bonchev–Trinajstić information content (AvgIpc) is 2.31. The predicted molar refractivity (Wildman–Crippen MR) is 70.5 cm³/mol. The quantitative estimate of drug-likeness (QED) is 0.825. The van der Waals surface area contributed by atoms with Crippen LogP contribution >= 0.6 is 0 Å². The van der Waals surface area contributed by atoms with E-state index in [0.29, 0.717) is 11.8 Å². The van der Waals surface area contributed by atoms with Gasteiger partial charge in [-0.3, -0.25) is 4.90 Å².